The van der Waals surface area contributed by atoms with Crippen LogP contribution in [0.15, 0.2) is 65.5 Å². The van der Waals surface area contributed by atoms with Gasteiger partial charge in [-0.05, 0) is 72.3 Å². The van der Waals surface area contributed by atoms with E-state index in [0.717, 1.165) is 45.4 Å². The highest BCUT2D eigenvalue weighted by molar-refractivity contribution is 7.07. The van der Waals surface area contributed by atoms with Crippen molar-refractivity contribution in [2.24, 2.45) is 5.73 Å². The van der Waals surface area contributed by atoms with Gasteiger partial charge in [0.1, 0.15) is 6.04 Å². The van der Waals surface area contributed by atoms with E-state index in [2.05, 4.69) is 42.1 Å². The highest BCUT2D eigenvalue weighted by Gasteiger charge is 2.38. The third-order valence-corrected chi connectivity index (χ3v) is 8.85. The summed E-state index contributed by atoms with van der Waals surface area (Å²) in [4.78, 5) is 43.6. The number of nitrogens with one attached hydrogen (secondary N) is 1. The number of anilines is 2. The van der Waals surface area contributed by atoms with Crippen LogP contribution in [-0.4, -0.2) is 40.9 Å². The van der Waals surface area contributed by atoms with Crippen molar-refractivity contribution in [1.82, 2.24) is 9.88 Å². The van der Waals surface area contributed by atoms with Gasteiger partial charge >= 0.3 is 0 Å². The summed E-state index contributed by atoms with van der Waals surface area (Å²) in [5, 5.41) is 8.05. The van der Waals surface area contributed by atoms with Crippen molar-refractivity contribution in [2.45, 2.75) is 64.2 Å². The lowest BCUT2D eigenvalue weighted by Crippen LogP contribution is -2.56. The molecule has 3 amide bonds. The van der Waals surface area contributed by atoms with Crippen LogP contribution in [0, 0.1) is 0 Å². The van der Waals surface area contributed by atoms with Crippen LogP contribution in [0.25, 0.3) is 10.9 Å². The summed E-state index contributed by atoms with van der Waals surface area (Å²) in [6, 6.07) is 14.7. The fraction of sp³-hybridized carbons (Fsp3) is 0.344. The highest BCUT2D eigenvalue weighted by Crippen LogP contribution is 2.40. The summed E-state index contributed by atoms with van der Waals surface area (Å²) in [7, 11) is 0. The first-order chi connectivity index (χ1) is 19.8. The van der Waals surface area contributed by atoms with Crippen molar-refractivity contribution in [3.8, 4) is 0 Å². The molecule has 3 N–H and O–H groups in total. The number of carbonyl (C=O) groups excluding carboxylic acids is 3. The first-order valence-corrected chi connectivity index (χ1v) is 15.1. The van der Waals surface area contributed by atoms with Gasteiger partial charge < -0.3 is 25.4 Å². The average molecular weight is 570 g/mol. The SMILES string of the molecule is CC(C)n1cc(C[C@@H](N)C(=O)NC2Cc3cccc(N4CCCC4=O)c3N(Cc3ccsc3)C2=O)c2ccccc21. The number of nitrogens with zero attached hydrogens (tertiary/aromatic N) is 3. The predicted molar refractivity (Wildman–Crippen MR) is 163 cm³/mol. The summed E-state index contributed by atoms with van der Waals surface area (Å²) in [6.45, 7) is 5.25. The number of amides is 3. The van der Waals surface area contributed by atoms with Gasteiger partial charge in [0, 0.05) is 42.5 Å². The number of thiophene rings is 1. The van der Waals surface area contributed by atoms with E-state index in [0.29, 0.717) is 32.4 Å². The van der Waals surface area contributed by atoms with Gasteiger partial charge in [-0.15, -0.1) is 0 Å². The predicted octanol–water partition coefficient (Wildman–Crippen LogP) is 4.55. The van der Waals surface area contributed by atoms with Crippen molar-refractivity contribution in [1.29, 1.82) is 0 Å². The fourth-order valence-electron chi connectivity index (χ4n) is 6.09. The Labute approximate surface area is 243 Å². The Hall–Kier alpha value is -3.95. The molecule has 1 fully saturated rings. The van der Waals surface area contributed by atoms with Crippen LogP contribution in [-0.2, 0) is 33.8 Å². The standard InChI is InChI=1S/C32H35N5O3S/c1-20(2)36-18-23(24-8-3-4-9-27(24)36)15-25(33)31(39)34-26-16-22-7-5-10-28(35-13-6-11-29(35)38)30(22)37(32(26)40)17-21-12-14-41-19-21/h3-5,7-10,12,14,18-20,25-26H,6,11,13,15-17,33H2,1-2H3,(H,34,39)/t25-,26?/m1/s1. The van der Waals surface area contributed by atoms with E-state index >= 15 is 0 Å². The van der Waals surface area contributed by atoms with Gasteiger partial charge in [-0.1, -0.05) is 30.3 Å². The molecule has 6 rings (SSSR count). The van der Waals surface area contributed by atoms with Gasteiger partial charge in [0.2, 0.25) is 17.7 Å². The number of hydrogen-bond donors (Lipinski definition) is 2. The topological polar surface area (TPSA) is 101 Å². The Balaban J connectivity index is 1.26. The van der Waals surface area contributed by atoms with E-state index in [-0.39, 0.29) is 23.8 Å². The normalized spacial score (nSPS) is 17.9. The first kappa shape index (κ1) is 27.2. The summed E-state index contributed by atoms with van der Waals surface area (Å²) >= 11 is 1.57. The van der Waals surface area contributed by atoms with Crippen LogP contribution >= 0.6 is 11.3 Å². The number of aromatic nitrogens is 1. The zero-order chi connectivity index (χ0) is 28.7. The van der Waals surface area contributed by atoms with Crippen LogP contribution in [0.4, 0.5) is 11.4 Å². The third-order valence-electron chi connectivity index (χ3n) is 8.11. The van der Waals surface area contributed by atoms with Crippen molar-refractivity contribution in [3.63, 3.8) is 0 Å². The van der Waals surface area contributed by atoms with Gasteiger partial charge in [-0.3, -0.25) is 14.4 Å². The van der Waals surface area contributed by atoms with Gasteiger partial charge in [0.15, 0.2) is 0 Å². The first-order valence-electron chi connectivity index (χ1n) is 14.2. The van der Waals surface area contributed by atoms with Crippen LogP contribution in [0.3, 0.4) is 0 Å². The Bertz CT molecular complexity index is 1610. The molecule has 4 heterocycles. The molecule has 2 aliphatic rings. The molecular formula is C32H35N5O3S. The highest BCUT2D eigenvalue weighted by atomic mass is 32.1. The zero-order valence-electron chi connectivity index (χ0n) is 23.4. The Kier molecular flexibility index (Phi) is 7.40. The Morgan fingerprint density at radius 3 is 2.68 bits per heavy atom. The lowest BCUT2D eigenvalue weighted by atomic mass is 9.94. The molecule has 0 aliphatic carbocycles. The lowest BCUT2D eigenvalue weighted by molar-refractivity contribution is -0.128. The van der Waals surface area contributed by atoms with E-state index in [1.54, 1.807) is 21.1 Å². The van der Waals surface area contributed by atoms with E-state index in [4.69, 9.17) is 5.73 Å². The van der Waals surface area contributed by atoms with Crippen LogP contribution in [0.1, 0.15) is 49.4 Å². The molecule has 1 unspecified atom stereocenters. The van der Waals surface area contributed by atoms with Gasteiger partial charge in [-0.2, -0.15) is 11.3 Å². The molecule has 8 nitrogen and oxygen atoms in total. The number of nitrogens with two attached hydrogens (primary N) is 1. The lowest BCUT2D eigenvalue weighted by Gasteiger charge is -2.37. The molecule has 41 heavy (non-hydrogen) atoms. The molecule has 9 heteroatoms. The van der Waals surface area contributed by atoms with Crippen LogP contribution < -0.4 is 20.9 Å². The zero-order valence-corrected chi connectivity index (χ0v) is 24.2. The van der Waals surface area contributed by atoms with Crippen molar-refractivity contribution in [3.05, 3.63) is 82.2 Å². The molecule has 0 saturated carbocycles. The molecule has 4 aromatic rings. The van der Waals surface area contributed by atoms with Gasteiger partial charge in [0.25, 0.3) is 0 Å². The minimum Gasteiger partial charge on any atom is -0.345 e. The fourth-order valence-corrected chi connectivity index (χ4v) is 6.75. The summed E-state index contributed by atoms with van der Waals surface area (Å²) in [5.74, 6) is -0.476. The van der Waals surface area contributed by atoms with E-state index < -0.39 is 12.1 Å². The molecule has 2 aromatic carbocycles. The van der Waals surface area contributed by atoms with E-state index in [1.165, 1.54) is 0 Å². The number of carbonyl (C=O) groups is 3. The molecule has 1 saturated heterocycles. The number of rotatable bonds is 8. The number of hydrogen-bond acceptors (Lipinski definition) is 5. The second kappa shape index (κ2) is 11.1. The molecular weight excluding hydrogens is 534 g/mol. The maximum absolute atomic E-state index is 14.0. The van der Waals surface area contributed by atoms with Crippen molar-refractivity contribution >= 4 is 51.3 Å². The molecule has 212 valence electrons. The van der Waals surface area contributed by atoms with Crippen molar-refractivity contribution < 1.29 is 14.4 Å². The summed E-state index contributed by atoms with van der Waals surface area (Å²) < 4.78 is 2.20. The monoisotopic (exact) mass is 569 g/mol. The maximum atomic E-state index is 14.0. The Morgan fingerprint density at radius 2 is 1.95 bits per heavy atom. The number of fused-ring (bicyclic) bond motifs is 2. The quantitative estimate of drug-likeness (QED) is 0.325. The van der Waals surface area contributed by atoms with Gasteiger partial charge in [-0.25, -0.2) is 0 Å². The molecule has 2 aromatic heterocycles. The summed E-state index contributed by atoms with van der Waals surface area (Å²) in [6.07, 6.45) is 4.09. The van der Waals surface area contributed by atoms with E-state index in [9.17, 15) is 14.4 Å². The van der Waals surface area contributed by atoms with Gasteiger partial charge in [0.05, 0.1) is 24.0 Å². The smallest absolute Gasteiger partial charge is 0.250 e. The minimum absolute atomic E-state index is 0.0709. The molecule has 0 spiro atoms. The minimum atomic E-state index is -0.811. The van der Waals surface area contributed by atoms with Crippen LogP contribution in [0.5, 0.6) is 0 Å². The second-order valence-corrected chi connectivity index (χ2v) is 12.0. The van der Waals surface area contributed by atoms with E-state index in [1.807, 2.05) is 47.2 Å². The second-order valence-electron chi connectivity index (χ2n) is 11.2. The third kappa shape index (κ3) is 5.15. The largest absolute Gasteiger partial charge is 0.345 e. The Morgan fingerprint density at radius 1 is 1.12 bits per heavy atom. The maximum Gasteiger partial charge on any atom is 0.250 e. The molecule has 2 atom stereocenters. The number of benzene rings is 2. The molecule has 0 bridgehead atoms. The summed E-state index contributed by atoms with van der Waals surface area (Å²) in [5.41, 5.74) is 12.0. The average Bonchev–Trinajstić information content (AvgIpc) is 3.71. The molecule has 0 radical (unpaired) electrons. The van der Waals surface area contributed by atoms with Crippen molar-refractivity contribution in [2.75, 3.05) is 16.3 Å². The molecule has 2 aliphatic heterocycles. The van der Waals surface area contributed by atoms with Crippen LogP contribution in [0.2, 0.25) is 0 Å². The number of para-hydroxylation sites is 2.